The topological polar surface area (TPSA) is 43.4 Å². The summed E-state index contributed by atoms with van der Waals surface area (Å²) >= 11 is 0. The summed E-state index contributed by atoms with van der Waals surface area (Å²) < 4.78 is 4.52. The number of carbonyl (C=O) groups excluding carboxylic acids is 2. The maximum absolute atomic E-state index is 11.4. The Bertz CT molecular complexity index is 365. The molecule has 0 bridgehead atoms. The second-order valence-corrected chi connectivity index (χ2v) is 3.55. The fraction of sp³-hybridized carbons (Fsp3) is 0.333. The van der Waals surface area contributed by atoms with Crippen molar-refractivity contribution in [3.8, 4) is 0 Å². The zero-order chi connectivity index (χ0) is 11.4. The summed E-state index contributed by atoms with van der Waals surface area (Å²) in [7, 11) is 0. The number of rotatable bonds is 2. The molecule has 0 spiro atoms. The van der Waals surface area contributed by atoms with Gasteiger partial charge in [-0.05, 0) is 19.4 Å². The molecule has 1 aromatic rings. The van der Waals surface area contributed by atoms with Crippen molar-refractivity contribution >= 4 is 11.9 Å². The minimum atomic E-state index is -0.570. The lowest BCUT2D eigenvalue weighted by atomic mass is 10.0. The van der Waals surface area contributed by atoms with Gasteiger partial charge in [-0.3, -0.25) is 9.59 Å². The van der Waals surface area contributed by atoms with Gasteiger partial charge in [0.2, 0.25) is 0 Å². The van der Waals surface area contributed by atoms with E-state index in [0.29, 0.717) is 0 Å². The molecule has 0 N–H and O–H groups in total. The van der Waals surface area contributed by atoms with Crippen molar-refractivity contribution in [1.29, 1.82) is 0 Å². The molecule has 15 heavy (non-hydrogen) atoms. The van der Waals surface area contributed by atoms with Crippen molar-refractivity contribution in [3.63, 3.8) is 0 Å². The van der Waals surface area contributed by atoms with Gasteiger partial charge in [0.25, 0.3) is 0 Å². The summed E-state index contributed by atoms with van der Waals surface area (Å²) in [5.41, 5.74) is 1.98. The maximum atomic E-state index is 11.4. The van der Waals surface area contributed by atoms with Crippen LogP contribution in [0.5, 0.6) is 0 Å². The highest BCUT2D eigenvalue weighted by atomic mass is 16.6. The van der Waals surface area contributed by atoms with Crippen LogP contribution in [0.1, 0.15) is 30.9 Å². The van der Waals surface area contributed by atoms with E-state index >= 15 is 0 Å². The number of carbonyl (C=O) groups is 2. The summed E-state index contributed by atoms with van der Waals surface area (Å²) in [6.07, 6.45) is 0. The second kappa shape index (κ2) is 4.73. The Hall–Kier alpha value is -1.64. The molecule has 0 aliphatic rings. The molecule has 3 nitrogen and oxygen atoms in total. The largest absolute Gasteiger partial charge is 0.393 e. The van der Waals surface area contributed by atoms with Gasteiger partial charge in [-0.2, -0.15) is 0 Å². The summed E-state index contributed by atoms with van der Waals surface area (Å²) in [6.45, 7) is 4.91. The quantitative estimate of drug-likeness (QED) is 0.550. The van der Waals surface area contributed by atoms with Crippen molar-refractivity contribution in [3.05, 3.63) is 35.4 Å². The van der Waals surface area contributed by atoms with Gasteiger partial charge in [0.05, 0.1) is 5.92 Å². The molecule has 0 saturated heterocycles. The first kappa shape index (κ1) is 11.4. The molecule has 0 fully saturated rings. The third kappa shape index (κ3) is 3.20. The Kier molecular flexibility index (Phi) is 3.61. The fourth-order valence-corrected chi connectivity index (χ4v) is 1.22. The van der Waals surface area contributed by atoms with Gasteiger partial charge >= 0.3 is 11.9 Å². The zero-order valence-electron chi connectivity index (χ0n) is 9.11. The maximum Gasteiger partial charge on any atom is 0.320 e. The third-order valence-electron chi connectivity index (χ3n) is 2.18. The standard InChI is InChI=1S/C12H14O3/c1-8-4-6-11(7-5-8)9(2)12(14)15-10(3)13/h4-7,9H,1-3H3. The van der Waals surface area contributed by atoms with Crippen LogP contribution in [0.2, 0.25) is 0 Å². The average Bonchev–Trinajstić information content (AvgIpc) is 2.17. The molecule has 3 heteroatoms. The van der Waals surface area contributed by atoms with Gasteiger partial charge < -0.3 is 4.74 Å². The lowest BCUT2D eigenvalue weighted by Crippen LogP contribution is -2.15. The molecule has 0 amide bonds. The van der Waals surface area contributed by atoms with Crippen LogP contribution in [0.15, 0.2) is 24.3 Å². The van der Waals surface area contributed by atoms with Gasteiger partial charge in [-0.25, -0.2) is 0 Å². The lowest BCUT2D eigenvalue weighted by molar-refractivity contribution is -0.158. The lowest BCUT2D eigenvalue weighted by Gasteiger charge is -2.09. The average molecular weight is 206 g/mol. The van der Waals surface area contributed by atoms with Gasteiger partial charge in [0.15, 0.2) is 0 Å². The highest BCUT2D eigenvalue weighted by molar-refractivity contribution is 5.88. The number of esters is 2. The van der Waals surface area contributed by atoms with Gasteiger partial charge in [0.1, 0.15) is 0 Å². The molecule has 0 aliphatic heterocycles. The molecule has 1 atom stereocenters. The van der Waals surface area contributed by atoms with E-state index in [2.05, 4.69) is 4.74 Å². The summed E-state index contributed by atoms with van der Waals surface area (Å²) in [4.78, 5) is 22.0. The SMILES string of the molecule is CC(=O)OC(=O)C(C)c1ccc(C)cc1. The van der Waals surface area contributed by atoms with Crippen molar-refractivity contribution in [2.45, 2.75) is 26.7 Å². The first-order valence-corrected chi connectivity index (χ1v) is 4.79. The van der Waals surface area contributed by atoms with Crippen LogP contribution in [0.3, 0.4) is 0 Å². The normalized spacial score (nSPS) is 11.9. The van der Waals surface area contributed by atoms with Crippen LogP contribution < -0.4 is 0 Å². The van der Waals surface area contributed by atoms with Crippen molar-refractivity contribution in [1.82, 2.24) is 0 Å². The molecule has 80 valence electrons. The molecular weight excluding hydrogens is 192 g/mol. The summed E-state index contributed by atoms with van der Waals surface area (Å²) in [6, 6.07) is 7.57. The van der Waals surface area contributed by atoms with Crippen molar-refractivity contribution in [2.75, 3.05) is 0 Å². The molecule has 0 aliphatic carbocycles. The second-order valence-electron chi connectivity index (χ2n) is 3.55. The van der Waals surface area contributed by atoms with Gasteiger partial charge in [0, 0.05) is 6.92 Å². The van der Waals surface area contributed by atoms with E-state index in [1.807, 2.05) is 31.2 Å². The number of benzene rings is 1. The van der Waals surface area contributed by atoms with E-state index in [4.69, 9.17) is 0 Å². The van der Waals surface area contributed by atoms with Crippen LogP contribution in [-0.2, 0) is 14.3 Å². The molecule has 1 aromatic carbocycles. The highest BCUT2D eigenvalue weighted by Crippen LogP contribution is 2.17. The Morgan fingerprint density at radius 2 is 1.73 bits per heavy atom. The van der Waals surface area contributed by atoms with Crippen LogP contribution in [0, 0.1) is 6.92 Å². The van der Waals surface area contributed by atoms with Gasteiger partial charge in [-0.1, -0.05) is 29.8 Å². The molecule has 1 unspecified atom stereocenters. The predicted molar refractivity (Wildman–Crippen MR) is 56.4 cm³/mol. The van der Waals surface area contributed by atoms with Crippen molar-refractivity contribution < 1.29 is 14.3 Å². The molecule has 0 aromatic heterocycles. The molecule has 1 rings (SSSR count). The van der Waals surface area contributed by atoms with Crippen molar-refractivity contribution in [2.24, 2.45) is 0 Å². The van der Waals surface area contributed by atoms with Crippen LogP contribution >= 0.6 is 0 Å². The molecular formula is C12H14O3. The third-order valence-corrected chi connectivity index (χ3v) is 2.18. The number of aryl methyl sites for hydroxylation is 1. The first-order chi connectivity index (χ1) is 7.00. The Labute approximate surface area is 89.1 Å². The first-order valence-electron chi connectivity index (χ1n) is 4.79. The van der Waals surface area contributed by atoms with Gasteiger partial charge in [-0.15, -0.1) is 0 Å². The Morgan fingerprint density at radius 3 is 2.20 bits per heavy atom. The summed E-state index contributed by atoms with van der Waals surface area (Å²) in [5, 5.41) is 0. The highest BCUT2D eigenvalue weighted by Gasteiger charge is 2.17. The van der Waals surface area contributed by atoms with E-state index < -0.39 is 17.9 Å². The van der Waals surface area contributed by atoms with Crippen LogP contribution in [0.4, 0.5) is 0 Å². The number of ether oxygens (including phenoxy) is 1. The van der Waals surface area contributed by atoms with Crippen LogP contribution in [0.25, 0.3) is 0 Å². The molecule has 0 radical (unpaired) electrons. The van der Waals surface area contributed by atoms with E-state index in [1.54, 1.807) is 6.92 Å². The van der Waals surface area contributed by atoms with Crippen LogP contribution in [-0.4, -0.2) is 11.9 Å². The van der Waals surface area contributed by atoms with E-state index in [9.17, 15) is 9.59 Å². The minimum Gasteiger partial charge on any atom is -0.393 e. The Morgan fingerprint density at radius 1 is 1.20 bits per heavy atom. The fourth-order valence-electron chi connectivity index (χ4n) is 1.22. The number of hydrogen-bond donors (Lipinski definition) is 0. The molecule has 0 heterocycles. The minimum absolute atomic E-state index is 0.408. The molecule has 0 saturated carbocycles. The van der Waals surface area contributed by atoms with E-state index in [1.165, 1.54) is 6.92 Å². The summed E-state index contributed by atoms with van der Waals surface area (Å²) in [5.74, 6) is -1.49. The van der Waals surface area contributed by atoms with E-state index in [-0.39, 0.29) is 0 Å². The monoisotopic (exact) mass is 206 g/mol. The number of hydrogen-bond acceptors (Lipinski definition) is 3. The Balaban J connectivity index is 2.76. The predicted octanol–water partition coefficient (Wildman–Crippen LogP) is 2.19. The zero-order valence-corrected chi connectivity index (χ0v) is 9.11. The van der Waals surface area contributed by atoms with E-state index in [0.717, 1.165) is 11.1 Å². The smallest absolute Gasteiger partial charge is 0.320 e.